The number of hydrogen-bond donors (Lipinski definition) is 1. The van der Waals surface area contributed by atoms with Gasteiger partial charge in [-0.2, -0.15) is 0 Å². The van der Waals surface area contributed by atoms with Gasteiger partial charge >= 0.3 is 5.97 Å². The van der Waals surface area contributed by atoms with E-state index >= 15 is 0 Å². The number of amides is 1. The lowest BCUT2D eigenvalue weighted by molar-refractivity contribution is -0.146. The molecule has 0 radical (unpaired) electrons. The lowest BCUT2D eigenvalue weighted by Crippen LogP contribution is -2.21. The Morgan fingerprint density at radius 3 is 2.65 bits per heavy atom. The van der Waals surface area contributed by atoms with Crippen LogP contribution in [0.1, 0.15) is 11.1 Å². The average Bonchev–Trinajstić information content (AvgIpc) is 2.63. The highest BCUT2D eigenvalue weighted by Crippen LogP contribution is 2.30. The number of carbonyl (C=O) groups is 2. The topological polar surface area (TPSA) is 73.9 Å². The second-order valence-corrected chi connectivity index (χ2v) is 5.83. The second-order valence-electron chi connectivity index (χ2n) is 5.83. The Morgan fingerprint density at radius 2 is 1.88 bits per heavy atom. The number of benzene rings is 2. The van der Waals surface area contributed by atoms with Crippen molar-refractivity contribution in [3.8, 4) is 11.5 Å². The predicted molar refractivity (Wildman–Crippen MR) is 91.9 cm³/mol. The standard InChI is InChI=1S/C19H18FNO5/c1-12-2-4-14(10-15(12)20)21-18(22)11-26-19(23)9-13-3-5-16-17(8-13)25-7-6-24-16/h2-5,8,10H,6-7,9,11H2,1H3,(H,21,22). The maximum Gasteiger partial charge on any atom is 0.310 e. The van der Waals surface area contributed by atoms with Gasteiger partial charge in [-0.3, -0.25) is 9.59 Å². The van der Waals surface area contributed by atoms with Crippen LogP contribution in [0.15, 0.2) is 36.4 Å². The van der Waals surface area contributed by atoms with Gasteiger partial charge in [-0.1, -0.05) is 12.1 Å². The van der Waals surface area contributed by atoms with E-state index in [0.29, 0.717) is 41.5 Å². The predicted octanol–water partition coefficient (Wildman–Crippen LogP) is 2.63. The van der Waals surface area contributed by atoms with Crippen molar-refractivity contribution in [1.82, 2.24) is 0 Å². The van der Waals surface area contributed by atoms with Gasteiger partial charge in [0.25, 0.3) is 5.91 Å². The number of fused-ring (bicyclic) bond motifs is 1. The third-order valence-electron chi connectivity index (χ3n) is 3.77. The highest BCUT2D eigenvalue weighted by molar-refractivity contribution is 5.92. The summed E-state index contributed by atoms with van der Waals surface area (Å²) in [7, 11) is 0. The molecule has 136 valence electrons. The molecule has 1 amide bonds. The van der Waals surface area contributed by atoms with Gasteiger partial charge in [0.2, 0.25) is 0 Å². The number of rotatable bonds is 5. The van der Waals surface area contributed by atoms with Crippen LogP contribution in [0.25, 0.3) is 0 Å². The van der Waals surface area contributed by atoms with Crippen molar-refractivity contribution in [2.75, 3.05) is 25.1 Å². The Labute approximate surface area is 149 Å². The molecule has 0 unspecified atom stereocenters. The lowest BCUT2D eigenvalue weighted by atomic mass is 10.1. The normalized spacial score (nSPS) is 12.4. The summed E-state index contributed by atoms with van der Waals surface area (Å²) in [4.78, 5) is 23.7. The third-order valence-corrected chi connectivity index (χ3v) is 3.77. The van der Waals surface area contributed by atoms with E-state index < -0.39 is 24.3 Å². The number of nitrogens with one attached hydrogen (secondary N) is 1. The summed E-state index contributed by atoms with van der Waals surface area (Å²) in [5.41, 5.74) is 1.48. The van der Waals surface area contributed by atoms with Crippen molar-refractivity contribution >= 4 is 17.6 Å². The van der Waals surface area contributed by atoms with Crippen molar-refractivity contribution in [3.05, 3.63) is 53.3 Å². The van der Waals surface area contributed by atoms with Crippen LogP contribution < -0.4 is 14.8 Å². The minimum atomic E-state index is -0.549. The Balaban J connectivity index is 1.49. The minimum Gasteiger partial charge on any atom is -0.486 e. The van der Waals surface area contributed by atoms with Gasteiger partial charge in [0.15, 0.2) is 18.1 Å². The van der Waals surface area contributed by atoms with Crippen LogP contribution in [-0.4, -0.2) is 31.7 Å². The molecule has 2 aromatic rings. The Kier molecular flexibility index (Phi) is 5.36. The first kappa shape index (κ1) is 17.7. The Morgan fingerprint density at radius 1 is 1.12 bits per heavy atom. The number of ether oxygens (including phenoxy) is 3. The fourth-order valence-electron chi connectivity index (χ4n) is 2.43. The van der Waals surface area contributed by atoms with Crippen LogP contribution in [0.2, 0.25) is 0 Å². The van der Waals surface area contributed by atoms with Crippen molar-refractivity contribution in [2.24, 2.45) is 0 Å². The molecule has 3 rings (SSSR count). The molecule has 1 aliphatic heterocycles. The minimum absolute atomic E-state index is 0.00306. The molecule has 0 aromatic heterocycles. The van der Waals surface area contributed by atoms with E-state index in [4.69, 9.17) is 14.2 Å². The molecule has 0 spiro atoms. The maximum atomic E-state index is 13.5. The summed E-state index contributed by atoms with van der Waals surface area (Å²) in [5, 5.41) is 2.48. The van der Waals surface area contributed by atoms with E-state index in [9.17, 15) is 14.0 Å². The van der Waals surface area contributed by atoms with Crippen molar-refractivity contribution in [2.45, 2.75) is 13.3 Å². The van der Waals surface area contributed by atoms with Gasteiger partial charge in [0.05, 0.1) is 6.42 Å². The number of carbonyl (C=O) groups excluding carboxylic acids is 2. The zero-order valence-electron chi connectivity index (χ0n) is 14.2. The number of aryl methyl sites for hydroxylation is 1. The van der Waals surface area contributed by atoms with Crippen LogP contribution >= 0.6 is 0 Å². The fraction of sp³-hybridized carbons (Fsp3) is 0.263. The molecule has 0 fully saturated rings. The SMILES string of the molecule is Cc1ccc(NC(=O)COC(=O)Cc2ccc3c(c2)OCCO3)cc1F. The van der Waals surface area contributed by atoms with E-state index in [2.05, 4.69) is 5.32 Å². The highest BCUT2D eigenvalue weighted by atomic mass is 19.1. The summed E-state index contributed by atoms with van der Waals surface area (Å²) in [6, 6.07) is 9.53. The van der Waals surface area contributed by atoms with E-state index in [1.54, 1.807) is 37.3 Å². The van der Waals surface area contributed by atoms with Gasteiger partial charge in [0, 0.05) is 5.69 Å². The Hall–Kier alpha value is -3.09. The summed E-state index contributed by atoms with van der Waals surface area (Å²) >= 11 is 0. The van der Waals surface area contributed by atoms with Gasteiger partial charge in [-0.05, 0) is 42.3 Å². The number of anilines is 1. The summed E-state index contributed by atoms with van der Waals surface area (Å²) in [6.07, 6.45) is 0.00306. The van der Waals surface area contributed by atoms with Crippen molar-refractivity contribution in [1.29, 1.82) is 0 Å². The third kappa shape index (κ3) is 4.50. The Bertz CT molecular complexity index is 837. The largest absolute Gasteiger partial charge is 0.486 e. The van der Waals surface area contributed by atoms with Crippen LogP contribution in [0.3, 0.4) is 0 Å². The van der Waals surface area contributed by atoms with Gasteiger partial charge in [-0.25, -0.2) is 4.39 Å². The van der Waals surface area contributed by atoms with Crippen LogP contribution in [-0.2, 0) is 20.7 Å². The number of halogens is 1. The van der Waals surface area contributed by atoms with E-state index in [1.807, 2.05) is 0 Å². The molecular weight excluding hydrogens is 341 g/mol. The highest BCUT2D eigenvalue weighted by Gasteiger charge is 2.14. The van der Waals surface area contributed by atoms with Gasteiger partial charge in [-0.15, -0.1) is 0 Å². The van der Waals surface area contributed by atoms with E-state index in [1.165, 1.54) is 6.07 Å². The molecular formula is C19H18FNO5. The zero-order chi connectivity index (χ0) is 18.5. The molecule has 2 aromatic carbocycles. The molecule has 0 atom stereocenters. The molecule has 0 saturated carbocycles. The molecule has 0 saturated heterocycles. The molecule has 26 heavy (non-hydrogen) atoms. The molecule has 1 aliphatic rings. The van der Waals surface area contributed by atoms with Gasteiger partial charge in [0.1, 0.15) is 19.0 Å². The van der Waals surface area contributed by atoms with E-state index in [-0.39, 0.29) is 6.42 Å². The molecule has 6 nitrogen and oxygen atoms in total. The van der Waals surface area contributed by atoms with Crippen LogP contribution in [0, 0.1) is 12.7 Å². The fourth-order valence-corrected chi connectivity index (χ4v) is 2.43. The average molecular weight is 359 g/mol. The van der Waals surface area contributed by atoms with Crippen LogP contribution in [0.4, 0.5) is 10.1 Å². The van der Waals surface area contributed by atoms with Crippen molar-refractivity contribution in [3.63, 3.8) is 0 Å². The molecule has 7 heteroatoms. The van der Waals surface area contributed by atoms with Crippen molar-refractivity contribution < 1.29 is 28.2 Å². The second kappa shape index (κ2) is 7.86. The van der Waals surface area contributed by atoms with Crippen LogP contribution in [0.5, 0.6) is 11.5 Å². The monoisotopic (exact) mass is 359 g/mol. The molecule has 1 heterocycles. The first-order chi connectivity index (χ1) is 12.5. The van der Waals surface area contributed by atoms with E-state index in [0.717, 1.165) is 0 Å². The number of hydrogen-bond acceptors (Lipinski definition) is 5. The summed E-state index contributed by atoms with van der Waals surface area (Å²) in [6.45, 7) is 2.13. The smallest absolute Gasteiger partial charge is 0.310 e. The summed E-state index contributed by atoms with van der Waals surface area (Å²) < 4.78 is 29.3. The molecule has 1 N–H and O–H groups in total. The quantitative estimate of drug-likeness (QED) is 0.831. The molecule has 0 bridgehead atoms. The number of esters is 1. The lowest BCUT2D eigenvalue weighted by Gasteiger charge is -2.18. The molecule has 0 aliphatic carbocycles. The van der Waals surface area contributed by atoms with Gasteiger partial charge < -0.3 is 19.5 Å². The zero-order valence-corrected chi connectivity index (χ0v) is 14.2. The first-order valence-electron chi connectivity index (χ1n) is 8.11. The first-order valence-corrected chi connectivity index (χ1v) is 8.11. The maximum absolute atomic E-state index is 13.5. The summed E-state index contributed by atoms with van der Waals surface area (Å²) in [5.74, 6) is -0.284.